The second-order valence-electron chi connectivity index (χ2n) is 6.74. The van der Waals surface area contributed by atoms with E-state index in [2.05, 4.69) is 17.1 Å². The minimum atomic E-state index is 0.776. The average Bonchev–Trinajstić information content (AvgIpc) is 2.90. The van der Waals surface area contributed by atoms with Crippen LogP contribution in [0.15, 0.2) is 0 Å². The molecule has 2 saturated carbocycles. The van der Waals surface area contributed by atoms with Gasteiger partial charge in [-0.2, -0.15) is 0 Å². The number of hydrogen-bond donors (Lipinski definition) is 1. The quantitative estimate of drug-likeness (QED) is 0.813. The minimum Gasteiger partial charge on any atom is -0.345 e. The summed E-state index contributed by atoms with van der Waals surface area (Å²) < 4.78 is 0. The second kappa shape index (κ2) is 5.30. The van der Waals surface area contributed by atoms with E-state index in [9.17, 15) is 0 Å². The molecule has 1 aromatic heterocycles. The van der Waals surface area contributed by atoms with Gasteiger partial charge in [-0.25, -0.2) is 4.98 Å². The van der Waals surface area contributed by atoms with E-state index >= 15 is 0 Å². The topological polar surface area (TPSA) is 28.2 Å². The van der Waals surface area contributed by atoms with Crippen LogP contribution in [0, 0.1) is 5.92 Å². The van der Waals surface area contributed by atoms with Gasteiger partial charge in [0, 0.05) is 29.9 Å². The fourth-order valence-electron chi connectivity index (χ4n) is 3.81. The van der Waals surface area contributed by atoms with E-state index in [1.807, 2.05) is 11.3 Å². The molecule has 0 aromatic carbocycles. The first kappa shape index (κ1) is 13.1. The monoisotopic (exact) mass is 291 g/mol. The summed E-state index contributed by atoms with van der Waals surface area (Å²) in [6.45, 7) is 5.64. The Kier molecular flexibility index (Phi) is 3.47. The predicted octanol–water partition coefficient (Wildman–Crippen LogP) is 3.51. The lowest BCUT2D eigenvalue weighted by Gasteiger charge is -2.26. The molecule has 3 nitrogen and oxygen atoms in total. The van der Waals surface area contributed by atoms with Crippen molar-refractivity contribution in [2.24, 2.45) is 5.92 Å². The molecule has 1 aliphatic heterocycles. The molecule has 2 unspecified atom stereocenters. The summed E-state index contributed by atoms with van der Waals surface area (Å²) in [6.07, 6.45) is 8.19. The van der Waals surface area contributed by atoms with E-state index in [1.54, 1.807) is 0 Å². The zero-order valence-corrected chi connectivity index (χ0v) is 13.2. The van der Waals surface area contributed by atoms with Crippen molar-refractivity contribution in [2.45, 2.75) is 64.0 Å². The van der Waals surface area contributed by atoms with Crippen molar-refractivity contribution in [1.82, 2.24) is 10.3 Å². The Morgan fingerprint density at radius 3 is 2.85 bits per heavy atom. The van der Waals surface area contributed by atoms with Gasteiger partial charge in [0.25, 0.3) is 0 Å². The smallest absolute Gasteiger partial charge is 0.186 e. The molecular weight excluding hydrogens is 266 g/mol. The molecule has 1 saturated heterocycles. The van der Waals surface area contributed by atoms with Crippen molar-refractivity contribution < 1.29 is 0 Å². The van der Waals surface area contributed by atoms with Crippen molar-refractivity contribution in [1.29, 1.82) is 0 Å². The molecule has 0 spiro atoms. The highest BCUT2D eigenvalue weighted by Crippen LogP contribution is 2.47. The second-order valence-corrected chi connectivity index (χ2v) is 7.80. The van der Waals surface area contributed by atoms with Gasteiger partial charge in [0.1, 0.15) is 0 Å². The molecule has 1 N–H and O–H groups in total. The van der Waals surface area contributed by atoms with Gasteiger partial charge in [-0.3, -0.25) is 0 Å². The summed E-state index contributed by atoms with van der Waals surface area (Å²) in [5, 5.41) is 4.89. The van der Waals surface area contributed by atoms with Crippen molar-refractivity contribution in [3.8, 4) is 0 Å². The molecule has 4 rings (SSSR count). The number of fused-ring (bicyclic) bond motifs is 2. The normalized spacial score (nSPS) is 28.6. The summed E-state index contributed by atoms with van der Waals surface area (Å²) in [7, 11) is 0. The highest BCUT2D eigenvalue weighted by Gasteiger charge is 2.40. The van der Waals surface area contributed by atoms with E-state index in [1.165, 1.54) is 60.8 Å². The highest BCUT2D eigenvalue weighted by atomic mass is 32.1. The van der Waals surface area contributed by atoms with Gasteiger partial charge >= 0.3 is 0 Å². The van der Waals surface area contributed by atoms with Crippen molar-refractivity contribution in [3.63, 3.8) is 0 Å². The van der Waals surface area contributed by atoms with Gasteiger partial charge in [-0.15, -0.1) is 11.3 Å². The zero-order valence-electron chi connectivity index (χ0n) is 12.4. The van der Waals surface area contributed by atoms with Gasteiger partial charge in [-0.1, -0.05) is 6.92 Å². The highest BCUT2D eigenvalue weighted by molar-refractivity contribution is 7.15. The van der Waals surface area contributed by atoms with E-state index < -0.39 is 0 Å². The van der Waals surface area contributed by atoms with E-state index in [0.29, 0.717) is 0 Å². The molecule has 3 aliphatic rings. The first-order valence-electron chi connectivity index (χ1n) is 8.32. The SMILES string of the molecule is CCCNCc1sc(N2CC3CCC2C3)nc1C1CC1. The van der Waals surface area contributed by atoms with Crippen LogP contribution in [0.5, 0.6) is 0 Å². The summed E-state index contributed by atoms with van der Waals surface area (Å²) in [5.74, 6) is 1.73. The van der Waals surface area contributed by atoms with Crippen LogP contribution in [-0.2, 0) is 6.54 Å². The molecule has 2 atom stereocenters. The zero-order chi connectivity index (χ0) is 13.5. The third-order valence-electron chi connectivity index (χ3n) is 5.05. The molecule has 0 radical (unpaired) electrons. The maximum absolute atomic E-state index is 5.06. The van der Waals surface area contributed by atoms with Gasteiger partial charge < -0.3 is 10.2 Å². The first-order chi connectivity index (χ1) is 9.85. The number of piperidine rings is 1. The third-order valence-corrected chi connectivity index (χ3v) is 6.16. The standard InChI is InChI=1S/C16H25N3S/c1-2-7-17-9-14-15(12-4-5-12)18-16(20-14)19-10-11-3-6-13(19)8-11/h11-13,17H,2-10H2,1H3. The molecular formula is C16H25N3S. The molecule has 2 aliphatic carbocycles. The number of nitrogens with zero attached hydrogens (tertiary/aromatic N) is 2. The number of anilines is 1. The Balaban J connectivity index is 1.53. The maximum Gasteiger partial charge on any atom is 0.186 e. The van der Waals surface area contributed by atoms with Crippen LogP contribution in [0.1, 0.15) is 61.9 Å². The van der Waals surface area contributed by atoms with Crippen LogP contribution in [0.4, 0.5) is 5.13 Å². The van der Waals surface area contributed by atoms with Gasteiger partial charge in [0.2, 0.25) is 0 Å². The molecule has 0 amide bonds. The van der Waals surface area contributed by atoms with Gasteiger partial charge in [-0.05, 0) is 51.0 Å². The molecule has 110 valence electrons. The van der Waals surface area contributed by atoms with Gasteiger partial charge in [0.05, 0.1) is 5.69 Å². The Morgan fingerprint density at radius 2 is 2.20 bits per heavy atom. The fourth-order valence-corrected chi connectivity index (χ4v) is 5.01. The summed E-state index contributed by atoms with van der Waals surface area (Å²) in [6, 6.07) is 0.801. The molecule has 4 heteroatoms. The molecule has 20 heavy (non-hydrogen) atoms. The molecule has 2 bridgehead atoms. The van der Waals surface area contributed by atoms with Crippen LogP contribution in [0.2, 0.25) is 0 Å². The van der Waals surface area contributed by atoms with Crippen LogP contribution in [0.3, 0.4) is 0 Å². The number of aromatic nitrogens is 1. The average molecular weight is 291 g/mol. The van der Waals surface area contributed by atoms with Crippen LogP contribution < -0.4 is 10.2 Å². The fraction of sp³-hybridized carbons (Fsp3) is 0.812. The van der Waals surface area contributed by atoms with Crippen LogP contribution in [-0.4, -0.2) is 24.1 Å². The Morgan fingerprint density at radius 1 is 1.30 bits per heavy atom. The molecule has 3 fully saturated rings. The number of hydrogen-bond acceptors (Lipinski definition) is 4. The lowest BCUT2D eigenvalue weighted by atomic mass is 10.1. The lowest BCUT2D eigenvalue weighted by Crippen LogP contribution is -2.31. The first-order valence-corrected chi connectivity index (χ1v) is 9.13. The Hall–Kier alpha value is -0.610. The van der Waals surface area contributed by atoms with E-state index in [4.69, 9.17) is 4.98 Å². The Bertz CT molecular complexity index is 480. The number of rotatable bonds is 6. The third kappa shape index (κ3) is 2.37. The largest absolute Gasteiger partial charge is 0.345 e. The summed E-state index contributed by atoms with van der Waals surface area (Å²) in [4.78, 5) is 9.19. The summed E-state index contributed by atoms with van der Waals surface area (Å²) >= 11 is 1.97. The van der Waals surface area contributed by atoms with Crippen molar-refractivity contribution in [2.75, 3.05) is 18.0 Å². The van der Waals surface area contributed by atoms with Crippen molar-refractivity contribution in [3.05, 3.63) is 10.6 Å². The van der Waals surface area contributed by atoms with Crippen LogP contribution in [0.25, 0.3) is 0 Å². The van der Waals surface area contributed by atoms with Gasteiger partial charge in [0.15, 0.2) is 5.13 Å². The van der Waals surface area contributed by atoms with Crippen molar-refractivity contribution >= 4 is 16.5 Å². The predicted molar refractivity (Wildman–Crippen MR) is 84.6 cm³/mol. The number of nitrogens with one attached hydrogen (secondary N) is 1. The molecule has 2 heterocycles. The number of thiazole rings is 1. The molecule has 1 aromatic rings. The van der Waals surface area contributed by atoms with Crippen LogP contribution >= 0.6 is 11.3 Å². The maximum atomic E-state index is 5.06. The van der Waals surface area contributed by atoms with E-state index in [-0.39, 0.29) is 0 Å². The minimum absolute atomic E-state index is 0.776. The Labute approximate surface area is 125 Å². The van der Waals surface area contributed by atoms with E-state index in [0.717, 1.165) is 31.0 Å². The summed E-state index contributed by atoms with van der Waals surface area (Å²) in [5.41, 5.74) is 1.43. The lowest BCUT2D eigenvalue weighted by molar-refractivity contribution is 0.552.